The first-order valence-electron chi connectivity index (χ1n) is 5.38. The molecule has 6 heteroatoms. The average Bonchev–Trinajstić information content (AvgIpc) is 2.30. The van der Waals surface area contributed by atoms with Gasteiger partial charge in [0.2, 0.25) is 5.91 Å². The third-order valence-corrected chi connectivity index (χ3v) is 2.45. The summed E-state index contributed by atoms with van der Waals surface area (Å²) in [5, 5.41) is 8.60. The summed E-state index contributed by atoms with van der Waals surface area (Å²) in [7, 11) is 0. The Morgan fingerprint density at radius 3 is 2.28 bits per heavy atom. The summed E-state index contributed by atoms with van der Waals surface area (Å²) >= 11 is 0. The summed E-state index contributed by atoms with van der Waals surface area (Å²) in [6, 6.07) is 3.31. The standard InChI is InChI=1S/C12H13F2NO3/c1-2-15(7-12(17)18)11(16)6-8-9(13)4-3-5-10(8)14/h3-5H,2,6-7H2,1H3,(H,17,18). The number of hydrogen-bond acceptors (Lipinski definition) is 2. The molecule has 0 aliphatic carbocycles. The molecule has 0 saturated heterocycles. The van der Waals surface area contributed by atoms with Gasteiger partial charge in [-0.25, -0.2) is 8.78 Å². The van der Waals surface area contributed by atoms with E-state index in [0.717, 1.165) is 17.0 Å². The molecule has 1 rings (SSSR count). The molecule has 0 spiro atoms. The number of likely N-dealkylation sites (N-methyl/N-ethyl adjacent to an activating group) is 1. The van der Waals surface area contributed by atoms with Crippen molar-refractivity contribution in [1.82, 2.24) is 4.90 Å². The van der Waals surface area contributed by atoms with Crippen LogP contribution in [0.1, 0.15) is 12.5 Å². The first-order valence-corrected chi connectivity index (χ1v) is 5.38. The monoisotopic (exact) mass is 257 g/mol. The zero-order valence-corrected chi connectivity index (χ0v) is 9.82. The molecule has 0 aliphatic rings. The normalized spacial score (nSPS) is 10.2. The Labute approximate surface area is 103 Å². The molecule has 0 saturated carbocycles. The number of carbonyl (C=O) groups is 2. The maximum absolute atomic E-state index is 13.3. The minimum absolute atomic E-state index is 0.168. The molecule has 0 heterocycles. The number of carboxylic acids is 1. The SMILES string of the molecule is CCN(CC(=O)O)C(=O)Cc1c(F)cccc1F. The van der Waals surface area contributed by atoms with E-state index in [1.165, 1.54) is 6.07 Å². The van der Waals surface area contributed by atoms with E-state index < -0.39 is 36.5 Å². The second-order valence-corrected chi connectivity index (χ2v) is 3.68. The number of hydrogen-bond donors (Lipinski definition) is 1. The fourth-order valence-electron chi connectivity index (χ4n) is 1.50. The summed E-state index contributed by atoms with van der Waals surface area (Å²) in [5.74, 6) is -3.41. The highest BCUT2D eigenvalue weighted by Gasteiger charge is 2.19. The van der Waals surface area contributed by atoms with Crippen molar-refractivity contribution in [2.45, 2.75) is 13.3 Å². The molecule has 1 N–H and O–H groups in total. The molecule has 0 unspecified atom stereocenters. The molecule has 0 fully saturated rings. The number of carboxylic acid groups (broad SMARTS) is 1. The van der Waals surface area contributed by atoms with Gasteiger partial charge >= 0.3 is 5.97 Å². The van der Waals surface area contributed by atoms with E-state index in [1.807, 2.05) is 0 Å². The minimum atomic E-state index is -1.17. The van der Waals surface area contributed by atoms with Crippen LogP contribution < -0.4 is 0 Å². The van der Waals surface area contributed by atoms with Crippen molar-refractivity contribution in [2.75, 3.05) is 13.1 Å². The van der Waals surface area contributed by atoms with Crippen molar-refractivity contribution < 1.29 is 23.5 Å². The largest absolute Gasteiger partial charge is 0.480 e. The fourth-order valence-corrected chi connectivity index (χ4v) is 1.50. The second kappa shape index (κ2) is 6.09. The molecule has 1 aromatic carbocycles. The summed E-state index contributed by atoms with van der Waals surface area (Å²) in [6.07, 6.45) is -0.486. The van der Waals surface area contributed by atoms with Gasteiger partial charge in [-0.05, 0) is 19.1 Å². The number of carbonyl (C=O) groups excluding carboxylic acids is 1. The lowest BCUT2D eigenvalue weighted by Gasteiger charge is -2.18. The van der Waals surface area contributed by atoms with E-state index in [9.17, 15) is 18.4 Å². The molecule has 18 heavy (non-hydrogen) atoms. The van der Waals surface area contributed by atoms with Crippen LogP contribution in [0.25, 0.3) is 0 Å². The van der Waals surface area contributed by atoms with Crippen molar-refractivity contribution in [3.63, 3.8) is 0 Å². The van der Waals surface area contributed by atoms with Gasteiger partial charge in [-0.15, -0.1) is 0 Å². The molecule has 1 aromatic rings. The Kier molecular flexibility index (Phi) is 4.76. The smallest absolute Gasteiger partial charge is 0.323 e. The number of rotatable bonds is 5. The van der Waals surface area contributed by atoms with Gasteiger partial charge in [0.1, 0.15) is 18.2 Å². The number of halogens is 2. The first-order chi connectivity index (χ1) is 8.45. The maximum atomic E-state index is 13.3. The lowest BCUT2D eigenvalue weighted by molar-refractivity contribution is -0.144. The second-order valence-electron chi connectivity index (χ2n) is 3.68. The Hall–Kier alpha value is -1.98. The number of nitrogens with zero attached hydrogens (tertiary/aromatic N) is 1. The van der Waals surface area contributed by atoms with E-state index in [4.69, 9.17) is 5.11 Å². The van der Waals surface area contributed by atoms with E-state index in [1.54, 1.807) is 6.92 Å². The fraction of sp³-hybridized carbons (Fsp3) is 0.333. The number of amides is 1. The molecule has 98 valence electrons. The third-order valence-electron chi connectivity index (χ3n) is 2.45. The molecule has 1 amide bonds. The molecule has 0 radical (unpaired) electrons. The highest BCUT2D eigenvalue weighted by Crippen LogP contribution is 2.13. The predicted molar refractivity (Wildman–Crippen MR) is 60.0 cm³/mol. The molecular formula is C12H13F2NO3. The van der Waals surface area contributed by atoms with Crippen molar-refractivity contribution in [2.24, 2.45) is 0 Å². The van der Waals surface area contributed by atoms with Crippen LogP contribution in [0, 0.1) is 11.6 Å². The van der Waals surface area contributed by atoms with Gasteiger partial charge in [0.25, 0.3) is 0 Å². The quantitative estimate of drug-likeness (QED) is 0.868. The Bertz CT molecular complexity index is 442. The summed E-state index contributed by atoms with van der Waals surface area (Å²) < 4.78 is 26.6. The molecule has 0 atom stereocenters. The summed E-state index contributed by atoms with van der Waals surface area (Å²) in [5.41, 5.74) is -0.341. The van der Waals surface area contributed by atoms with E-state index in [-0.39, 0.29) is 12.1 Å². The lowest BCUT2D eigenvalue weighted by atomic mass is 10.1. The number of benzene rings is 1. The van der Waals surface area contributed by atoms with E-state index in [0.29, 0.717) is 0 Å². The van der Waals surface area contributed by atoms with Crippen molar-refractivity contribution >= 4 is 11.9 Å². The zero-order chi connectivity index (χ0) is 13.7. The summed E-state index contributed by atoms with van der Waals surface area (Å²) in [6.45, 7) is 1.28. The lowest BCUT2D eigenvalue weighted by Crippen LogP contribution is -2.36. The van der Waals surface area contributed by atoms with Crippen LogP contribution >= 0.6 is 0 Å². The molecule has 0 aromatic heterocycles. The number of aliphatic carboxylic acids is 1. The van der Waals surface area contributed by atoms with Crippen LogP contribution in [0.5, 0.6) is 0 Å². The Morgan fingerprint density at radius 2 is 1.83 bits per heavy atom. The van der Waals surface area contributed by atoms with Crippen LogP contribution in [-0.4, -0.2) is 35.0 Å². The van der Waals surface area contributed by atoms with Gasteiger partial charge in [-0.3, -0.25) is 9.59 Å². The third kappa shape index (κ3) is 3.51. The Morgan fingerprint density at radius 1 is 1.28 bits per heavy atom. The van der Waals surface area contributed by atoms with Gasteiger partial charge < -0.3 is 10.0 Å². The zero-order valence-electron chi connectivity index (χ0n) is 9.82. The van der Waals surface area contributed by atoms with Crippen LogP contribution in [0.3, 0.4) is 0 Å². The van der Waals surface area contributed by atoms with Crippen LogP contribution in [0.2, 0.25) is 0 Å². The average molecular weight is 257 g/mol. The highest BCUT2D eigenvalue weighted by atomic mass is 19.1. The maximum Gasteiger partial charge on any atom is 0.323 e. The van der Waals surface area contributed by atoms with E-state index >= 15 is 0 Å². The van der Waals surface area contributed by atoms with Crippen molar-refractivity contribution in [3.8, 4) is 0 Å². The predicted octanol–water partition coefficient (Wildman–Crippen LogP) is 1.44. The van der Waals surface area contributed by atoms with E-state index in [2.05, 4.69) is 0 Å². The van der Waals surface area contributed by atoms with Gasteiger partial charge in [0.05, 0.1) is 6.42 Å². The highest BCUT2D eigenvalue weighted by molar-refractivity contribution is 5.83. The van der Waals surface area contributed by atoms with Gasteiger partial charge in [-0.2, -0.15) is 0 Å². The van der Waals surface area contributed by atoms with Crippen LogP contribution in [0.4, 0.5) is 8.78 Å². The van der Waals surface area contributed by atoms with Crippen molar-refractivity contribution in [1.29, 1.82) is 0 Å². The van der Waals surface area contributed by atoms with Crippen LogP contribution in [-0.2, 0) is 16.0 Å². The van der Waals surface area contributed by atoms with Gasteiger partial charge in [0, 0.05) is 12.1 Å². The van der Waals surface area contributed by atoms with Gasteiger partial charge in [0.15, 0.2) is 0 Å². The molecule has 0 bridgehead atoms. The molecule has 4 nitrogen and oxygen atoms in total. The topological polar surface area (TPSA) is 57.6 Å². The molecular weight excluding hydrogens is 244 g/mol. The minimum Gasteiger partial charge on any atom is -0.480 e. The molecule has 0 aliphatic heterocycles. The summed E-state index contributed by atoms with van der Waals surface area (Å²) in [4.78, 5) is 23.3. The van der Waals surface area contributed by atoms with Gasteiger partial charge in [-0.1, -0.05) is 6.07 Å². The first kappa shape index (κ1) is 14.1. The van der Waals surface area contributed by atoms with Crippen molar-refractivity contribution in [3.05, 3.63) is 35.4 Å². The Balaban J connectivity index is 2.83. The van der Waals surface area contributed by atoms with Crippen LogP contribution in [0.15, 0.2) is 18.2 Å².